The fourth-order valence-corrected chi connectivity index (χ4v) is 2.88. The lowest BCUT2D eigenvalue weighted by Gasteiger charge is -2.40. The Labute approximate surface area is 80.7 Å². The number of likely N-dealkylation sites (tertiary alicyclic amines) is 1. The molecule has 2 heteroatoms. The van der Waals surface area contributed by atoms with Crippen molar-refractivity contribution in [3.05, 3.63) is 0 Å². The second-order valence-electron chi connectivity index (χ2n) is 5.36. The van der Waals surface area contributed by atoms with E-state index in [1.165, 1.54) is 58.4 Å². The Morgan fingerprint density at radius 3 is 2.77 bits per heavy atom. The van der Waals surface area contributed by atoms with Gasteiger partial charge in [-0.1, -0.05) is 0 Å². The Bertz CT molecular complexity index is 184. The average molecular weight is 180 g/mol. The van der Waals surface area contributed by atoms with Gasteiger partial charge in [-0.05, 0) is 56.7 Å². The van der Waals surface area contributed by atoms with E-state index in [1.54, 1.807) is 0 Å². The minimum Gasteiger partial charge on any atom is -0.316 e. The third-order valence-corrected chi connectivity index (χ3v) is 4.09. The standard InChI is InChI=1S/C11H20N2/c1-5-12-7-10(1)2-6-13-8-11(9-13)3-4-11/h10,12H,1-9H2. The van der Waals surface area contributed by atoms with E-state index in [0.29, 0.717) is 0 Å². The minimum absolute atomic E-state index is 0.855. The molecule has 1 spiro atoms. The van der Waals surface area contributed by atoms with Gasteiger partial charge in [0, 0.05) is 13.1 Å². The van der Waals surface area contributed by atoms with Crippen LogP contribution in [0.25, 0.3) is 0 Å². The molecule has 2 saturated heterocycles. The van der Waals surface area contributed by atoms with Crippen LogP contribution in [-0.4, -0.2) is 37.6 Å². The summed E-state index contributed by atoms with van der Waals surface area (Å²) in [5, 5.41) is 3.44. The van der Waals surface area contributed by atoms with Gasteiger partial charge in [-0.2, -0.15) is 0 Å². The molecule has 0 amide bonds. The Balaban J connectivity index is 1.35. The highest BCUT2D eigenvalue weighted by Crippen LogP contribution is 2.52. The van der Waals surface area contributed by atoms with Gasteiger partial charge in [0.1, 0.15) is 0 Å². The van der Waals surface area contributed by atoms with Crippen LogP contribution in [0.1, 0.15) is 25.7 Å². The Morgan fingerprint density at radius 2 is 2.15 bits per heavy atom. The van der Waals surface area contributed by atoms with Crippen molar-refractivity contribution in [1.29, 1.82) is 0 Å². The summed E-state index contributed by atoms with van der Waals surface area (Å²) in [6, 6.07) is 0. The highest BCUT2D eigenvalue weighted by Gasteiger charge is 2.51. The van der Waals surface area contributed by atoms with Gasteiger partial charge in [0.05, 0.1) is 0 Å². The summed E-state index contributed by atoms with van der Waals surface area (Å²) in [7, 11) is 0. The van der Waals surface area contributed by atoms with E-state index in [1.807, 2.05) is 0 Å². The lowest BCUT2D eigenvalue weighted by Crippen LogP contribution is -2.48. The number of hydrogen-bond donors (Lipinski definition) is 1. The minimum atomic E-state index is 0.855. The molecule has 0 bridgehead atoms. The Morgan fingerprint density at radius 1 is 1.31 bits per heavy atom. The molecule has 3 rings (SSSR count). The zero-order chi connectivity index (χ0) is 8.73. The van der Waals surface area contributed by atoms with Crippen LogP contribution in [0.3, 0.4) is 0 Å². The van der Waals surface area contributed by atoms with Gasteiger partial charge in [-0.25, -0.2) is 0 Å². The molecule has 3 aliphatic rings. The normalized spacial score (nSPS) is 36.5. The largest absolute Gasteiger partial charge is 0.316 e. The SMILES string of the molecule is C1CC(CCN2CC3(CC3)C2)CN1. The van der Waals surface area contributed by atoms with Gasteiger partial charge in [0.25, 0.3) is 0 Å². The van der Waals surface area contributed by atoms with E-state index in [0.717, 1.165) is 11.3 Å². The first-order chi connectivity index (χ1) is 6.36. The first-order valence-corrected chi connectivity index (χ1v) is 5.79. The van der Waals surface area contributed by atoms with Crippen LogP contribution >= 0.6 is 0 Å². The predicted molar refractivity (Wildman–Crippen MR) is 53.7 cm³/mol. The van der Waals surface area contributed by atoms with Gasteiger partial charge < -0.3 is 10.2 Å². The molecular weight excluding hydrogens is 160 g/mol. The lowest BCUT2D eigenvalue weighted by molar-refractivity contribution is 0.0761. The molecular formula is C11H20N2. The molecule has 3 fully saturated rings. The van der Waals surface area contributed by atoms with Crippen LogP contribution in [0.5, 0.6) is 0 Å². The van der Waals surface area contributed by atoms with Crippen molar-refractivity contribution < 1.29 is 0 Å². The summed E-state index contributed by atoms with van der Waals surface area (Å²) in [6.07, 6.45) is 5.89. The maximum atomic E-state index is 3.44. The van der Waals surface area contributed by atoms with Crippen LogP contribution in [-0.2, 0) is 0 Å². The molecule has 1 aliphatic carbocycles. The first kappa shape index (κ1) is 8.25. The second-order valence-corrected chi connectivity index (χ2v) is 5.36. The van der Waals surface area contributed by atoms with Crippen molar-refractivity contribution >= 4 is 0 Å². The highest BCUT2D eigenvalue weighted by molar-refractivity contribution is 5.05. The monoisotopic (exact) mass is 180 g/mol. The van der Waals surface area contributed by atoms with E-state index in [9.17, 15) is 0 Å². The Kier molecular flexibility index (Phi) is 1.88. The number of nitrogens with one attached hydrogen (secondary N) is 1. The molecule has 2 aliphatic heterocycles. The molecule has 1 N–H and O–H groups in total. The molecule has 1 atom stereocenters. The average Bonchev–Trinajstić information content (AvgIpc) is 2.70. The maximum absolute atomic E-state index is 3.44. The predicted octanol–water partition coefficient (Wildman–Crippen LogP) is 1.08. The smallest absolute Gasteiger partial charge is 0.00505 e. The van der Waals surface area contributed by atoms with Crippen molar-refractivity contribution in [3.63, 3.8) is 0 Å². The van der Waals surface area contributed by atoms with Gasteiger partial charge in [0.2, 0.25) is 0 Å². The number of rotatable bonds is 3. The van der Waals surface area contributed by atoms with E-state index >= 15 is 0 Å². The van der Waals surface area contributed by atoms with Gasteiger partial charge >= 0.3 is 0 Å². The van der Waals surface area contributed by atoms with Crippen molar-refractivity contribution in [2.24, 2.45) is 11.3 Å². The molecule has 0 aromatic heterocycles. The number of hydrogen-bond acceptors (Lipinski definition) is 2. The summed E-state index contributed by atoms with van der Waals surface area (Å²) in [5.41, 5.74) is 0.855. The molecule has 13 heavy (non-hydrogen) atoms. The van der Waals surface area contributed by atoms with Crippen LogP contribution < -0.4 is 5.32 Å². The van der Waals surface area contributed by atoms with Gasteiger partial charge in [-0.3, -0.25) is 0 Å². The van der Waals surface area contributed by atoms with Crippen molar-refractivity contribution in [1.82, 2.24) is 10.2 Å². The zero-order valence-electron chi connectivity index (χ0n) is 8.39. The third-order valence-electron chi connectivity index (χ3n) is 4.09. The Hall–Kier alpha value is -0.0800. The maximum Gasteiger partial charge on any atom is 0.00505 e. The highest BCUT2D eigenvalue weighted by atomic mass is 15.2. The fourth-order valence-electron chi connectivity index (χ4n) is 2.88. The van der Waals surface area contributed by atoms with Crippen LogP contribution in [0, 0.1) is 11.3 Å². The first-order valence-electron chi connectivity index (χ1n) is 5.79. The van der Waals surface area contributed by atoms with Crippen LogP contribution in [0.2, 0.25) is 0 Å². The molecule has 0 radical (unpaired) electrons. The fraction of sp³-hybridized carbons (Fsp3) is 1.00. The number of nitrogens with zero attached hydrogens (tertiary/aromatic N) is 1. The zero-order valence-corrected chi connectivity index (χ0v) is 8.39. The lowest BCUT2D eigenvalue weighted by atomic mass is 9.95. The van der Waals surface area contributed by atoms with E-state index < -0.39 is 0 Å². The molecule has 1 saturated carbocycles. The van der Waals surface area contributed by atoms with Crippen LogP contribution in [0.4, 0.5) is 0 Å². The van der Waals surface area contributed by atoms with Gasteiger partial charge in [-0.15, -0.1) is 0 Å². The summed E-state index contributed by atoms with van der Waals surface area (Å²) in [4.78, 5) is 2.66. The van der Waals surface area contributed by atoms with Crippen molar-refractivity contribution in [3.8, 4) is 0 Å². The molecule has 74 valence electrons. The van der Waals surface area contributed by atoms with E-state index in [-0.39, 0.29) is 0 Å². The van der Waals surface area contributed by atoms with Gasteiger partial charge in [0.15, 0.2) is 0 Å². The van der Waals surface area contributed by atoms with E-state index in [2.05, 4.69) is 10.2 Å². The molecule has 0 aromatic carbocycles. The van der Waals surface area contributed by atoms with Crippen molar-refractivity contribution in [2.45, 2.75) is 25.7 Å². The molecule has 2 heterocycles. The quantitative estimate of drug-likeness (QED) is 0.699. The molecule has 2 nitrogen and oxygen atoms in total. The summed E-state index contributed by atoms with van der Waals surface area (Å²) < 4.78 is 0. The summed E-state index contributed by atoms with van der Waals surface area (Å²) in [6.45, 7) is 6.75. The summed E-state index contributed by atoms with van der Waals surface area (Å²) >= 11 is 0. The molecule has 0 aromatic rings. The third kappa shape index (κ3) is 1.62. The molecule has 1 unspecified atom stereocenters. The second kappa shape index (κ2) is 2.96. The summed E-state index contributed by atoms with van der Waals surface area (Å²) in [5.74, 6) is 0.982. The van der Waals surface area contributed by atoms with E-state index in [4.69, 9.17) is 0 Å². The van der Waals surface area contributed by atoms with Crippen LogP contribution in [0.15, 0.2) is 0 Å². The topological polar surface area (TPSA) is 15.3 Å². The van der Waals surface area contributed by atoms with Crippen molar-refractivity contribution in [2.75, 3.05) is 32.7 Å².